The summed E-state index contributed by atoms with van der Waals surface area (Å²) in [5.74, 6) is 1.70. The smallest absolute Gasteiger partial charge is 0.270 e. The first-order valence-corrected chi connectivity index (χ1v) is 11.1. The van der Waals surface area contributed by atoms with Gasteiger partial charge in [0.1, 0.15) is 4.70 Å². The lowest BCUT2D eigenvalue weighted by Gasteiger charge is -2.41. The third kappa shape index (κ3) is 3.73. The van der Waals surface area contributed by atoms with Crippen molar-refractivity contribution in [1.29, 1.82) is 0 Å². The summed E-state index contributed by atoms with van der Waals surface area (Å²) in [6.07, 6.45) is 6.22. The van der Waals surface area contributed by atoms with Crippen molar-refractivity contribution >= 4 is 40.1 Å². The molecule has 154 valence electrons. The van der Waals surface area contributed by atoms with E-state index in [2.05, 4.69) is 21.8 Å². The predicted octanol–water partition coefficient (Wildman–Crippen LogP) is 3.74. The van der Waals surface area contributed by atoms with Crippen LogP contribution in [0.2, 0.25) is 0 Å². The number of fused-ring (bicyclic) bond motifs is 2. The van der Waals surface area contributed by atoms with E-state index in [0.29, 0.717) is 27.4 Å². The minimum atomic E-state index is -0.218. The van der Waals surface area contributed by atoms with E-state index in [4.69, 9.17) is 0 Å². The van der Waals surface area contributed by atoms with Crippen LogP contribution in [0.15, 0.2) is 32.6 Å². The molecule has 0 aromatic carbocycles. The SMILES string of the molecule is C=NN(/C(C)=C(\C)C(=O)N1CC[C@H]2CCCC[C@H]2C1)c1nc2ccsc2c(=O)[nH]1. The van der Waals surface area contributed by atoms with Crippen molar-refractivity contribution in [3.05, 3.63) is 33.1 Å². The molecule has 1 saturated carbocycles. The van der Waals surface area contributed by atoms with Crippen LogP contribution in [0.3, 0.4) is 0 Å². The second-order valence-corrected chi connectivity index (χ2v) is 8.95. The van der Waals surface area contributed by atoms with Gasteiger partial charge < -0.3 is 4.90 Å². The molecule has 1 amide bonds. The number of rotatable bonds is 4. The molecule has 2 aromatic heterocycles. The first kappa shape index (κ1) is 19.8. The molecule has 0 bridgehead atoms. The molecule has 8 heteroatoms. The van der Waals surface area contributed by atoms with Gasteiger partial charge in [-0.25, -0.2) is 9.99 Å². The number of thiophene rings is 1. The predicted molar refractivity (Wildman–Crippen MR) is 117 cm³/mol. The highest BCUT2D eigenvalue weighted by Gasteiger charge is 2.33. The molecular formula is C21H27N5O2S. The third-order valence-electron chi connectivity index (χ3n) is 6.40. The monoisotopic (exact) mass is 413 g/mol. The number of hydrogen-bond donors (Lipinski definition) is 1. The molecular weight excluding hydrogens is 386 g/mol. The summed E-state index contributed by atoms with van der Waals surface area (Å²) in [6, 6.07) is 1.80. The molecule has 1 aliphatic carbocycles. The third-order valence-corrected chi connectivity index (χ3v) is 7.31. The van der Waals surface area contributed by atoms with Crippen molar-refractivity contribution in [3.63, 3.8) is 0 Å². The summed E-state index contributed by atoms with van der Waals surface area (Å²) in [7, 11) is 0. The number of H-pyrrole nitrogens is 1. The first-order chi connectivity index (χ1) is 14.0. The van der Waals surface area contributed by atoms with Crippen LogP contribution in [0.1, 0.15) is 46.0 Å². The average molecular weight is 414 g/mol. The minimum absolute atomic E-state index is 0.0270. The molecule has 1 aliphatic heterocycles. The van der Waals surface area contributed by atoms with Gasteiger partial charge in [-0.15, -0.1) is 11.3 Å². The fraction of sp³-hybridized carbons (Fsp3) is 0.524. The number of carbonyl (C=O) groups is 1. The van der Waals surface area contributed by atoms with Crippen molar-refractivity contribution in [3.8, 4) is 0 Å². The Hall–Kier alpha value is -2.48. The molecule has 0 unspecified atom stereocenters. The Kier molecular flexibility index (Phi) is 5.54. The Morgan fingerprint density at radius 3 is 2.83 bits per heavy atom. The van der Waals surface area contributed by atoms with Crippen molar-refractivity contribution in [2.24, 2.45) is 16.9 Å². The summed E-state index contributed by atoms with van der Waals surface area (Å²) < 4.78 is 0.572. The van der Waals surface area contributed by atoms with Crippen LogP contribution in [0.5, 0.6) is 0 Å². The molecule has 1 N–H and O–H groups in total. The van der Waals surface area contributed by atoms with Gasteiger partial charge in [0, 0.05) is 25.4 Å². The van der Waals surface area contributed by atoms with E-state index in [1.54, 1.807) is 6.07 Å². The standard InChI is InChI=1S/C21H27N5O2S/c1-13(20(28)25-10-8-15-6-4-5-7-16(15)12-25)14(2)26(22-3)21-23-17-9-11-29-18(17)19(27)24-21/h9,11,15-16H,3-8,10,12H2,1-2H3,(H,23,24,27)/b14-13+/t15-,16+/m1/s1. The van der Waals surface area contributed by atoms with E-state index >= 15 is 0 Å². The van der Waals surface area contributed by atoms with Crippen LogP contribution in [-0.4, -0.2) is 40.6 Å². The van der Waals surface area contributed by atoms with Gasteiger partial charge in [-0.05, 0) is 50.0 Å². The van der Waals surface area contributed by atoms with Crippen molar-refractivity contribution < 1.29 is 4.79 Å². The summed E-state index contributed by atoms with van der Waals surface area (Å²) in [6.45, 7) is 8.89. The zero-order valence-electron chi connectivity index (χ0n) is 17.0. The van der Waals surface area contributed by atoms with Gasteiger partial charge in [-0.1, -0.05) is 19.3 Å². The summed E-state index contributed by atoms with van der Waals surface area (Å²) >= 11 is 1.35. The van der Waals surface area contributed by atoms with Crippen molar-refractivity contribution in [2.45, 2.75) is 46.0 Å². The maximum atomic E-state index is 13.2. The van der Waals surface area contributed by atoms with Gasteiger partial charge in [0.05, 0.1) is 11.2 Å². The maximum Gasteiger partial charge on any atom is 0.270 e. The fourth-order valence-electron chi connectivity index (χ4n) is 4.63. The van der Waals surface area contributed by atoms with Crippen LogP contribution in [0.25, 0.3) is 10.2 Å². The number of allylic oxidation sites excluding steroid dienone is 1. The van der Waals surface area contributed by atoms with Gasteiger partial charge in [0.2, 0.25) is 5.95 Å². The molecule has 0 spiro atoms. The van der Waals surface area contributed by atoms with Crippen LogP contribution >= 0.6 is 11.3 Å². The number of anilines is 1. The lowest BCUT2D eigenvalue weighted by atomic mass is 9.75. The Balaban J connectivity index is 1.59. The molecule has 2 fully saturated rings. The van der Waals surface area contributed by atoms with Crippen LogP contribution in [-0.2, 0) is 4.79 Å². The maximum absolute atomic E-state index is 13.2. The van der Waals surface area contributed by atoms with Gasteiger partial charge in [0.25, 0.3) is 11.5 Å². The Morgan fingerprint density at radius 2 is 2.07 bits per heavy atom. The molecule has 2 aliphatic rings. The van der Waals surface area contributed by atoms with E-state index in [1.807, 2.05) is 24.1 Å². The normalized spacial score (nSPS) is 22.8. The molecule has 29 heavy (non-hydrogen) atoms. The number of hydrazone groups is 1. The zero-order chi connectivity index (χ0) is 20.5. The Morgan fingerprint density at radius 1 is 1.31 bits per heavy atom. The topological polar surface area (TPSA) is 81.7 Å². The molecule has 4 rings (SSSR count). The summed E-state index contributed by atoms with van der Waals surface area (Å²) in [5.41, 5.74) is 1.61. The molecule has 2 aromatic rings. The van der Waals surface area contributed by atoms with E-state index in [1.165, 1.54) is 42.0 Å². The number of aromatic nitrogens is 2. The van der Waals surface area contributed by atoms with Gasteiger partial charge in [-0.3, -0.25) is 14.6 Å². The van der Waals surface area contributed by atoms with E-state index in [-0.39, 0.29) is 17.4 Å². The largest absolute Gasteiger partial charge is 0.339 e. The summed E-state index contributed by atoms with van der Waals surface area (Å²) in [5, 5.41) is 7.30. The van der Waals surface area contributed by atoms with Crippen LogP contribution in [0, 0.1) is 11.8 Å². The Labute approximate surface area is 174 Å². The van der Waals surface area contributed by atoms with E-state index in [0.717, 1.165) is 25.4 Å². The molecule has 2 atom stereocenters. The minimum Gasteiger partial charge on any atom is -0.339 e. The summed E-state index contributed by atoms with van der Waals surface area (Å²) in [4.78, 5) is 34.7. The number of aromatic amines is 1. The number of hydrogen-bond acceptors (Lipinski definition) is 6. The van der Waals surface area contributed by atoms with Crippen LogP contribution in [0.4, 0.5) is 5.95 Å². The van der Waals surface area contributed by atoms with Gasteiger partial charge >= 0.3 is 0 Å². The number of piperidine rings is 1. The van der Waals surface area contributed by atoms with Crippen molar-refractivity contribution in [2.75, 3.05) is 18.1 Å². The van der Waals surface area contributed by atoms with Crippen LogP contribution < -0.4 is 10.6 Å². The highest BCUT2D eigenvalue weighted by Crippen LogP contribution is 2.36. The number of likely N-dealkylation sites (tertiary alicyclic amines) is 1. The van der Waals surface area contributed by atoms with Gasteiger partial charge in [0.15, 0.2) is 0 Å². The lowest BCUT2D eigenvalue weighted by molar-refractivity contribution is -0.130. The molecule has 0 radical (unpaired) electrons. The average Bonchev–Trinajstić information content (AvgIpc) is 3.22. The quantitative estimate of drug-likeness (QED) is 0.470. The molecule has 3 heterocycles. The second-order valence-electron chi connectivity index (χ2n) is 8.03. The highest BCUT2D eigenvalue weighted by atomic mass is 32.1. The fourth-order valence-corrected chi connectivity index (χ4v) is 5.35. The second kappa shape index (κ2) is 8.10. The highest BCUT2D eigenvalue weighted by molar-refractivity contribution is 7.17. The van der Waals surface area contributed by atoms with E-state index < -0.39 is 0 Å². The lowest BCUT2D eigenvalue weighted by Crippen LogP contribution is -2.45. The first-order valence-electron chi connectivity index (χ1n) is 10.2. The molecule has 1 saturated heterocycles. The number of nitrogens with one attached hydrogen (secondary N) is 1. The van der Waals surface area contributed by atoms with E-state index in [9.17, 15) is 9.59 Å². The van der Waals surface area contributed by atoms with Crippen molar-refractivity contribution in [1.82, 2.24) is 14.9 Å². The molecule has 7 nitrogen and oxygen atoms in total. The number of amides is 1. The zero-order valence-corrected chi connectivity index (χ0v) is 17.8. The number of nitrogens with zero attached hydrogens (tertiary/aromatic N) is 4. The Bertz CT molecular complexity index is 1020. The number of carbonyl (C=O) groups excluding carboxylic acids is 1. The van der Waals surface area contributed by atoms with Gasteiger partial charge in [-0.2, -0.15) is 5.10 Å².